The van der Waals surface area contributed by atoms with E-state index in [1.807, 2.05) is 41.9 Å². The van der Waals surface area contributed by atoms with Gasteiger partial charge in [-0.2, -0.15) is 0 Å². The van der Waals surface area contributed by atoms with E-state index in [-0.39, 0.29) is 5.82 Å². The summed E-state index contributed by atoms with van der Waals surface area (Å²) in [6, 6.07) is 10.9. The summed E-state index contributed by atoms with van der Waals surface area (Å²) in [6.07, 6.45) is 4.44. The summed E-state index contributed by atoms with van der Waals surface area (Å²) < 4.78 is 15.5. The van der Waals surface area contributed by atoms with Crippen molar-refractivity contribution in [2.45, 2.75) is 13.3 Å². The minimum absolute atomic E-state index is 0.175. The number of rotatable bonds is 2. The molecule has 1 aromatic carbocycles. The van der Waals surface area contributed by atoms with Crippen LogP contribution in [0.4, 0.5) is 4.39 Å². The van der Waals surface area contributed by atoms with Crippen molar-refractivity contribution in [3.63, 3.8) is 0 Å². The molecule has 0 aliphatic heterocycles. The largest absolute Gasteiger partial charge is 0.307 e. The molecule has 3 rings (SSSR count). The predicted molar refractivity (Wildman–Crippen MR) is 69.1 cm³/mol. The van der Waals surface area contributed by atoms with Crippen molar-refractivity contribution < 1.29 is 4.39 Å². The highest BCUT2D eigenvalue weighted by Crippen LogP contribution is 2.14. The molecule has 0 amide bonds. The molecule has 0 aliphatic carbocycles. The Bertz CT molecular complexity index is 701. The predicted octanol–water partition coefficient (Wildman–Crippen LogP) is 3.37. The van der Waals surface area contributed by atoms with Gasteiger partial charge in [0.05, 0.1) is 5.69 Å². The highest BCUT2D eigenvalue weighted by molar-refractivity contribution is 5.43. The number of hydrogen-bond acceptors (Lipinski definition) is 1. The van der Waals surface area contributed by atoms with E-state index in [4.69, 9.17) is 0 Å². The standard InChI is InChI=1S/C15H13FN2/c1-11-6-7-18-10-13(17-15(18)8-11)9-12-4-2-3-5-14(12)16/h2-8,10H,9H2,1H3. The fourth-order valence-electron chi connectivity index (χ4n) is 2.06. The van der Waals surface area contributed by atoms with Crippen LogP contribution in [0.5, 0.6) is 0 Å². The van der Waals surface area contributed by atoms with Gasteiger partial charge in [0, 0.05) is 18.8 Å². The van der Waals surface area contributed by atoms with Crippen molar-refractivity contribution in [2.24, 2.45) is 0 Å². The van der Waals surface area contributed by atoms with Gasteiger partial charge in [0.15, 0.2) is 0 Å². The van der Waals surface area contributed by atoms with Crippen molar-refractivity contribution >= 4 is 5.65 Å². The Morgan fingerprint density at radius 1 is 1.22 bits per heavy atom. The molecular formula is C15H13FN2. The Balaban J connectivity index is 1.98. The Kier molecular flexibility index (Phi) is 2.59. The van der Waals surface area contributed by atoms with Crippen LogP contribution in [-0.4, -0.2) is 9.38 Å². The minimum Gasteiger partial charge on any atom is -0.307 e. The second-order valence-electron chi connectivity index (χ2n) is 4.47. The van der Waals surface area contributed by atoms with Crippen molar-refractivity contribution in [2.75, 3.05) is 0 Å². The first-order chi connectivity index (χ1) is 8.72. The van der Waals surface area contributed by atoms with Gasteiger partial charge in [-0.15, -0.1) is 0 Å². The molecule has 2 nitrogen and oxygen atoms in total. The maximum atomic E-state index is 13.6. The van der Waals surface area contributed by atoms with Gasteiger partial charge in [-0.25, -0.2) is 9.37 Å². The average Bonchev–Trinajstić information content (AvgIpc) is 2.73. The zero-order valence-electron chi connectivity index (χ0n) is 10.1. The summed E-state index contributed by atoms with van der Waals surface area (Å²) in [6.45, 7) is 2.03. The number of halogens is 1. The first-order valence-corrected chi connectivity index (χ1v) is 5.90. The molecule has 3 aromatic rings. The number of pyridine rings is 1. The van der Waals surface area contributed by atoms with Gasteiger partial charge in [0.2, 0.25) is 0 Å². The first kappa shape index (κ1) is 11.0. The van der Waals surface area contributed by atoms with E-state index in [9.17, 15) is 4.39 Å². The smallest absolute Gasteiger partial charge is 0.137 e. The first-order valence-electron chi connectivity index (χ1n) is 5.90. The Morgan fingerprint density at radius 2 is 2.06 bits per heavy atom. The third kappa shape index (κ3) is 1.99. The van der Waals surface area contributed by atoms with Crippen LogP contribution in [-0.2, 0) is 6.42 Å². The van der Waals surface area contributed by atoms with Crippen molar-refractivity contribution in [1.82, 2.24) is 9.38 Å². The lowest BCUT2D eigenvalue weighted by molar-refractivity contribution is 0.613. The lowest BCUT2D eigenvalue weighted by Gasteiger charge is -1.98. The Morgan fingerprint density at radius 3 is 2.89 bits per heavy atom. The summed E-state index contributed by atoms with van der Waals surface area (Å²) in [4.78, 5) is 4.51. The maximum Gasteiger partial charge on any atom is 0.137 e. The monoisotopic (exact) mass is 240 g/mol. The molecule has 0 radical (unpaired) electrons. The summed E-state index contributed by atoms with van der Waals surface area (Å²) in [5, 5.41) is 0. The molecule has 0 spiro atoms. The lowest BCUT2D eigenvalue weighted by atomic mass is 10.1. The summed E-state index contributed by atoms with van der Waals surface area (Å²) in [7, 11) is 0. The van der Waals surface area contributed by atoms with Gasteiger partial charge in [0.1, 0.15) is 11.5 Å². The molecule has 0 N–H and O–H groups in total. The fraction of sp³-hybridized carbons (Fsp3) is 0.133. The molecule has 0 atom stereocenters. The number of benzene rings is 1. The van der Waals surface area contributed by atoms with Crippen LogP contribution in [0.1, 0.15) is 16.8 Å². The molecule has 90 valence electrons. The van der Waals surface area contributed by atoms with Gasteiger partial charge >= 0.3 is 0 Å². The molecular weight excluding hydrogens is 227 g/mol. The topological polar surface area (TPSA) is 17.3 Å². The molecule has 3 heteroatoms. The number of hydrogen-bond donors (Lipinski definition) is 0. The van der Waals surface area contributed by atoms with Crippen molar-refractivity contribution in [3.05, 3.63) is 71.4 Å². The highest BCUT2D eigenvalue weighted by atomic mass is 19.1. The third-order valence-corrected chi connectivity index (χ3v) is 3.00. The van der Waals surface area contributed by atoms with Crippen LogP contribution in [0.25, 0.3) is 5.65 Å². The van der Waals surface area contributed by atoms with Gasteiger partial charge in [-0.1, -0.05) is 18.2 Å². The van der Waals surface area contributed by atoms with E-state index >= 15 is 0 Å². The molecule has 0 bridgehead atoms. The fourth-order valence-corrected chi connectivity index (χ4v) is 2.06. The van der Waals surface area contributed by atoms with Crippen LogP contribution < -0.4 is 0 Å². The van der Waals surface area contributed by atoms with E-state index in [2.05, 4.69) is 4.98 Å². The molecule has 0 saturated heterocycles. The molecule has 0 fully saturated rings. The van der Waals surface area contributed by atoms with E-state index in [1.165, 1.54) is 11.6 Å². The number of nitrogens with zero attached hydrogens (tertiary/aromatic N) is 2. The quantitative estimate of drug-likeness (QED) is 0.671. The van der Waals surface area contributed by atoms with Gasteiger partial charge in [0.25, 0.3) is 0 Å². The Labute approximate surface area is 105 Å². The zero-order chi connectivity index (χ0) is 12.5. The molecule has 18 heavy (non-hydrogen) atoms. The summed E-state index contributed by atoms with van der Waals surface area (Å²) >= 11 is 0. The molecule has 2 aromatic heterocycles. The molecule has 2 heterocycles. The van der Waals surface area contributed by atoms with Crippen LogP contribution in [0.3, 0.4) is 0 Å². The average molecular weight is 240 g/mol. The SMILES string of the molecule is Cc1ccn2cc(Cc3ccccc3F)nc2c1. The number of aryl methyl sites for hydroxylation is 1. The van der Waals surface area contributed by atoms with Crippen LogP contribution in [0, 0.1) is 12.7 Å². The van der Waals surface area contributed by atoms with Crippen LogP contribution in [0.2, 0.25) is 0 Å². The van der Waals surface area contributed by atoms with E-state index in [0.717, 1.165) is 11.3 Å². The summed E-state index contributed by atoms with van der Waals surface area (Å²) in [5.74, 6) is -0.175. The number of fused-ring (bicyclic) bond motifs is 1. The normalized spacial score (nSPS) is 11.0. The third-order valence-electron chi connectivity index (χ3n) is 3.00. The van der Waals surface area contributed by atoms with Gasteiger partial charge < -0.3 is 4.40 Å². The van der Waals surface area contributed by atoms with Crippen LogP contribution in [0.15, 0.2) is 48.8 Å². The van der Waals surface area contributed by atoms with Crippen molar-refractivity contribution in [1.29, 1.82) is 0 Å². The number of imidazole rings is 1. The minimum atomic E-state index is -0.175. The summed E-state index contributed by atoms with van der Waals surface area (Å²) in [5.41, 5.74) is 3.63. The highest BCUT2D eigenvalue weighted by Gasteiger charge is 2.06. The molecule has 0 saturated carbocycles. The van der Waals surface area contributed by atoms with Gasteiger partial charge in [-0.05, 0) is 36.2 Å². The number of aromatic nitrogens is 2. The second-order valence-corrected chi connectivity index (χ2v) is 4.47. The molecule has 0 aliphatic rings. The lowest BCUT2D eigenvalue weighted by Crippen LogP contribution is -1.91. The van der Waals surface area contributed by atoms with E-state index < -0.39 is 0 Å². The van der Waals surface area contributed by atoms with E-state index in [0.29, 0.717) is 12.0 Å². The van der Waals surface area contributed by atoms with E-state index in [1.54, 1.807) is 12.1 Å². The van der Waals surface area contributed by atoms with Crippen LogP contribution >= 0.6 is 0 Å². The van der Waals surface area contributed by atoms with Gasteiger partial charge in [-0.3, -0.25) is 0 Å². The Hall–Kier alpha value is -2.16. The maximum absolute atomic E-state index is 13.6. The van der Waals surface area contributed by atoms with Crippen molar-refractivity contribution in [3.8, 4) is 0 Å². The zero-order valence-corrected chi connectivity index (χ0v) is 10.1. The molecule has 0 unspecified atom stereocenters. The second kappa shape index (κ2) is 4.26.